The lowest BCUT2D eigenvalue weighted by Gasteiger charge is -2.28. The Bertz CT molecular complexity index is 323. The van der Waals surface area contributed by atoms with Gasteiger partial charge >= 0.3 is 0 Å². The van der Waals surface area contributed by atoms with Gasteiger partial charge in [-0.05, 0) is 44.7 Å². The quantitative estimate of drug-likeness (QED) is 0.824. The van der Waals surface area contributed by atoms with E-state index >= 15 is 0 Å². The minimum atomic E-state index is 0.663. The van der Waals surface area contributed by atoms with Crippen LogP contribution in [0.3, 0.4) is 0 Å². The molecule has 1 unspecified atom stereocenters. The molecule has 1 atom stereocenters. The van der Waals surface area contributed by atoms with Crippen LogP contribution in [0.15, 0.2) is 18.3 Å². The average molecular weight is 234 g/mol. The maximum absolute atomic E-state index is 3.71. The second-order valence-electron chi connectivity index (χ2n) is 5.35. The summed E-state index contributed by atoms with van der Waals surface area (Å²) in [5.41, 5.74) is 1.41. The fourth-order valence-corrected chi connectivity index (χ4v) is 2.98. The molecule has 0 saturated heterocycles. The Kier molecular flexibility index (Phi) is 4.66. The molecule has 1 aliphatic carbocycles. The Morgan fingerprint density at radius 3 is 2.82 bits per heavy atom. The fourth-order valence-electron chi connectivity index (χ4n) is 2.98. The molecule has 2 nitrogen and oxygen atoms in total. The molecule has 1 fully saturated rings. The van der Waals surface area contributed by atoms with Crippen molar-refractivity contribution in [1.29, 1.82) is 0 Å². The SMILES string of the molecule is CCn1cccc1CNC(C)C1CCCCC1. The van der Waals surface area contributed by atoms with Gasteiger partial charge in [-0.25, -0.2) is 0 Å². The Morgan fingerprint density at radius 1 is 1.35 bits per heavy atom. The maximum Gasteiger partial charge on any atom is 0.0361 e. The summed E-state index contributed by atoms with van der Waals surface area (Å²) in [6.45, 7) is 6.64. The number of hydrogen-bond donors (Lipinski definition) is 1. The zero-order chi connectivity index (χ0) is 12.1. The summed E-state index contributed by atoms with van der Waals surface area (Å²) in [6.07, 6.45) is 9.32. The predicted molar refractivity (Wildman–Crippen MR) is 73.0 cm³/mol. The van der Waals surface area contributed by atoms with Crippen LogP contribution in [-0.2, 0) is 13.1 Å². The normalized spacial score (nSPS) is 19.4. The highest BCUT2D eigenvalue weighted by Gasteiger charge is 2.19. The van der Waals surface area contributed by atoms with Crippen molar-refractivity contribution in [2.75, 3.05) is 0 Å². The minimum absolute atomic E-state index is 0.663. The number of nitrogens with one attached hydrogen (secondary N) is 1. The van der Waals surface area contributed by atoms with Crippen LogP contribution in [0.25, 0.3) is 0 Å². The summed E-state index contributed by atoms with van der Waals surface area (Å²) >= 11 is 0. The van der Waals surface area contributed by atoms with Crippen LogP contribution in [0.2, 0.25) is 0 Å². The third kappa shape index (κ3) is 3.35. The highest BCUT2D eigenvalue weighted by atomic mass is 15.0. The van der Waals surface area contributed by atoms with Crippen LogP contribution in [0.5, 0.6) is 0 Å². The molecule has 1 aromatic heterocycles. The van der Waals surface area contributed by atoms with Gasteiger partial charge in [0.05, 0.1) is 0 Å². The van der Waals surface area contributed by atoms with E-state index < -0.39 is 0 Å². The van der Waals surface area contributed by atoms with Crippen molar-refractivity contribution < 1.29 is 0 Å². The van der Waals surface area contributed by atoms with Crippen LogP contribution in [0.4, 0.5) is 0 Å². The number of aryl methyl sites for hydroxylation is 1. The first-order valence-electron chi connectivity index (χ1n) is 7.18. The second kappa shape index (κ2) is 6.25. The van der Waals surface area contributed by atoms with Gasteiger partial charge in [0, 0.05) is 31.0 Å². The van der Waals surface area contributed by atoms with Gasteiger partial charge in [0.1, 0.15) is 0 Å². The molecule has 1 aromatic rings. The molecule has 2 heteroatoms. The van der Waals surface area contributed by atoms with Gasteiger partial charge in [-0.15, -0.1) is 0 Å². The lowest BCUT2D eigenvalue weighted by Crippen LogP contribution is -2.34. The predicted octanol–water partition coefficient (Wildman–Crippen LogP) is 3.57. The molecule has 2 rings (SSSR count). The van der Waals surface area contributed by atoms with E-state index in [9.17, 15) is 0 Å². The number of nitrogens with zero attached hydrogens (tertiary/aromatic N) is 1. The highest BCUT2D eigenvalue weighted by Crippen LogP contribution is 2.26. The van der Waals surface area contributed by atoms with E-state index in [1.807, 2.05) is 0 Å². The topological polar surface area (TPSA) is 17.0 Å². The summed E-state index contributed by atoms with van der Waals surface area (Å²) in [4.78, 5) is 0. The molecule has 0 aliphatic heterocycles. The molecular formula is C15H26N2. The van der Waals surface area contributed by atoms with Crippen LogP contribution >= 0.6 is 0 Å². The Morgan fingerprint density at radius 2 is 2.12 bits per heavy atom. The van der Waals surface area contributed by atoms with Gasteiger partial charge in [0.15, 0.2) is 0 Å². The smallest absolute Gasteiger partial charge is 0.0361 e. The van der Waals surface area contributed by atoms with Crippen molar-refractivity contribution in [2.45, 2.75) is 65.1 Å². The van der Waals surface area contributed by atoms with Crippen molar-refractivity contribution >= 4 is 0 Å². The number of hydrogen-bond acceptors (Lipinski definition) is 1. The van der Waals surface area contributed by atoms with Crippen molar-refractivity contribution in [3.8, 4) is 0 Å². The summed E-state index contributed by atoms with van der Waals surface area (Å²) in [5, 5.41) is 3.71. The van der Waals surface area contributed by atoms with Gasteiger partial charge in [-0.3, -0.25) is 0 Å². The van der Waals surface area contributed by atoms with E-state index in [2.05, 4.69) is 42.1 Å². The zero-order valence-corrected chi connectivity index (χ0v) is 11.3. The first-order valence-corrected chi connectivity index (χ1v) is 7.18. The molecule has 1 heterocycles. The molecule has 0 spiro atoms. The van der Waals surface area contributed by atoms with E-state index in [4.69, 9.17) is 0 Å². The van der Waals surface area contributed by atoms with Crippen molar-refractivity contribution in [3.63, 3.8) is 0 Å². The molecule has 0 bridgehead atoms. The molecule has 17 heavy (non-hydrogen) atoms. The van der Waals surface area contributed by atoms with Gasteiger partial charge in [-0.1, -0.05) is 19.3 Å². The van der Waals surface area contributed by atoms with Gasteiger partial charge in [0.25, 0.3) is 0 Å². The van der Waals surface area contributed by atoms with Gasteiger partial charge in [-0.2, -0.15) is 0 Å². The van der Waals surface area contributed by atoms with Gasteiger partial charge in [0.2, 0.25) is 0 Å². The molecule has 1 saturated carbocycles. The van der Waals surface area contributed by atoms with Crippen molar-refractivity contribution in [3.05, 3.63) is 24.0 Å². The number of rotatable bonds is 5. The molecular weight excluding hydrogens is 208 g/mol. The third-order valence-electron chi connectivity index (χ3n) is 4.23. The van der Waals surface area contributed by atoms with Crippen LogP contribution in [0, 0.1) is 5.92 Å². The summed E-state index contributed by atoms with van der Waals surface area (Å²) in [7, 11) is 0. The third-order valence-corrected chi connectivity index (χ3v) is 4.23. The Labute approximate surface area is 105 Å². The lowest BCUT2D eigenvalue weighted by molar-refractivity contribution is 0.279. The van der Waals surface area contributed by atoms with Crippen LogP contribution < -0.4 is 5.32 Å². The highest BCUT2D eigenvalue weighted by molar-refractivity contribution is 5.06. The summed E-state index contributed by atoms with van der Waals surface area (Å²) < 4.78 is 2.32. The van der Waals surface area contributed by atoms with E-state index in [1.54, 1.807) is 0 Å². The largest absolute Gasteiger partial charge is 0.351 e. The van der Waals surface area contributed by atoms with E-state index in [1.165, 1.54) is 37.8 Å². The fraction of sp³-hybridized carbons (Fsp3) is 0.733. The zero-order valence-electron chi connectivity index (χ0n) is 11.3. The molecule has 0 amide bonds. The maximum atomic E-state index is 3.71. The standard InChI is InChI=1S/C15H26N2/c1-3-17-11-7-10-15(17)12-16-13(2)14-8-5-4-6-9-14/h7,10-11,13-14,16H,3-6,8-9,12H2,1-2H3. The number of aromatic nitrogens is 1. The first kappa shape index (κ1) is 12.7. The van der Waals surface area contributed by atoms with E-state index in [0.717, 1.165) is 19.0 Å². The molecule has 1 N–H and O–H groups in total. The van der Waals surface area contributed by atoms with E-state index in [-0.39, 0.29) is 0 Å². The van der Waals surface area contributed by atoms with E-state index in [0.29, 0.717) is 6.04 Å². The second-order valence-corrected chi connectivity index (χ2v) is 5.35. The average Bonchev–Trinajstić information content (AvgIpc) is 2.84. The first-order chi connectivity index (χ1) is 8.31. The Hall–Kier alpha value is -0.760. The molecule has 96 valence electrons. The van der Waals surface area contributed by atoms with Crippen LogP contribution in [-0.4, -0.2) is 10.6 Å². The Balaban J connectivity index is 1.80. The van der Waals surface area contributed by atoms with Crippen molar-refractivity contribution in [1.82, 2.24) is 9.88 Å². The summed E-state index contributed by atoms with van der Waals surface area (Å²) in [6, 6.07) is 5.03. The summed E-state index contributed by atoms with van der Waals surface area (Å²) in [5.74, 6) is 0.897. The van der Waals surface area contributed by atoms with Crippen LogP contribution in [0.1, 0.15) is 51.6 Å². The lowest BCUT2D eigenvalue weighted by atomic mass is 9.84. The van der Waals surface area contributed by atoms with Crippen molar-refractivity contribution in [2.24, 2.45) is 5.92 Å². The molecule has 0 aromatic carbocycles. The van der Waals surface area contributed by atoms with Gasteiger partial charge < -0.3 is 9.88 Å². The molecule has 1 aliphatic rings. The monoisotopic (exact) mass is 234 g/mol. The molecule has 0 radical (unpaired) electrons. The minimum Gasteiger partial charge on any atom is -0.351 e.